The van der Waals surface area contributed by atoms with Gasteiger partial charge in [0.25, 0.3) is 0 Å². The van der Waals surface area contributed by atoms with Crippen LogP contribution in [0.3, 0.4) is 0 Å². The Morgan fingerprint density at radius 2 is 1.84 bits per heavy atom. The monoisotopic (exact) mass is 504 g/mol. The number of carbonyl (C=O) groups is 1. The Morgan fingerprint density at radius 1 is 1.08 bits per heavy atom. The van der Waals surface area contributed by atoms with Gasteiger partial charge in [0.15, 0.2) is 0 Å². The lowest BCUT2D eigenvalue weighted by atomic mass is 9.85. The van der Waals surface area contributed by atoms with Gasteiger partial charge in [-0.2, -0.15) is 0 Å². The van der Waals surface area contributed by atoms with E-state index in [0.29, 0.717) is 25.0 Å². The maximum Gasteiger partial charge on any atom is 0.226 e. The van der Waals surface area contributed by atoms with Crippen molar-refractivity contribution in [3.63, 3.8) is 0 Å². The van der Waals surface area contributed by atoms with Gasteiger partial charge in [0.2, 0.25) is 11.9 Å². The molecule has 2 saturated heterocycles. The number of hydrogen-bond donors (Lipinski definition) is 0. The van der Waals surface area contributed by atoms with Crippen molar-refractivity contribution < 1.29 is 14.3 Å². The van der Waals surface area contributed by atoms with E-state index >= 15 is 0 Å². The summed E-state index contributed by atoms with van der Waals surface area (Å²) in [6, 6.07) is 6.54. The first-order chi connectivity index (χ1) is 18.1. The summed E-state index contributed by atoms with van der Waals surface area (Å²) in [6.07, 6.45) is 12.0. The minimum absolute atomic E-state index is 0.110. The molecule has 2 fully saturated rings. The van der Waals surface area contributed by atoms with Crippen LogP contribution in [0, 0.1) is 18.8 Å². The minimum Gasteiger partial charge on any atom is -0.493 e. The third-order valence-electron chi connectivity index (χ3n) is 8.10. The number of hydrogen-bond acceptors (Lipinski definition) is 6. The van der Waals surface area contributed by atoms with E-state index in [9.17, 15) is 4.79 Å². The Kier molecular flexibility index (Phi) is 8.39. The number of piperidine rings is 1. The van der Waals surface area contributed by atoms with Crippen LogP contribution in [0.15, 0.2) is 36.7 Å². The fraction of sp³-hybridized carbons (Fsp3) is 0.567. The van der Waals surface area contributed by atoms with Crippen LogP contribution in [-0.2, 0) is 16.0 Å². The fourth-order valence-electron chi connectivity index (χ4n) is 5.57. The Balaban J connectivity index is 1.10. The quantitative estimate of drug-likeness (QED) is 0.545. The molecule has 0 N–H and O–H groups in total. The lowest BCUT2D eigenvalue weighted by Crippen LogP contribution is -2.44. The number of carbonyl (C=O) groups excluding carboxylic acids is 1. The molecule has 2 aromatic rings. The van der Waals surface area contributed by atoms with Gasteiger partial charge in [0, 0.05) is 44.5 Å². The molecule has 3 heterocycles. The van der Waals surface area contributed by atoms with Crippen molar-refractivity contribution in [3.05, 3.63) is 53.4 Å². The number of ether oxygens (including phenoxy) is 2. The molecule has 7 nitrogen and oxygen atoms in total. The van der Waals surface area contributed by atoms with Gasteiger partial charge in [0.05, 0.1) is 19.8 Å². The molecular formula is C30H40N4O3. The molecule has 5 rings (SSSR count). The molecule has 1 aliphatic carbocycles. The third-order valence-corrected chi connectivity index (χ3v) is 8.10. The van der Waals surface area contributed by atoms with Gasteiger partial charge in [-0.1, -0.05) is 19.1 Å². The molecule has 1 aromatic heterocycles. The molecule has 1 aromatic carbocycles. The number of aryl methyl sites for hydroxylation is 2. The highest BCUT2D eigenvalue weighted by Gasteiger charge is 2.27. The number of nitrogens with zero attached hydrogens (tertiary/aromatic N) is 4. The lowest BCUT2D eigenvalue weighted by molar-refractivity contribution is -0.139. The van der Waals surface area contributed by atoms with Gasteiger partial charge in [0.1, 0.15) is 5.75 Å². The predicted molar refractivity (Wildman–Crippen MR) is 146 cm³/mol. The standard InChI is InChI=1S/C30H40N4O3/c1-3-23-19-31-30(32-20-23)34-12-10-24(11-13-34)21-37-28-9-8-27(18-22(28)2)25-4-6-26(7-5-25)29(35)33-14-16-36-17-15-33/h4,8-9,18-20,24,26H,3,5-7,10-17,21H2,1-2H3. The van der Waals surface area contributed by atoms with Gasteiger partial charge in [-0.25, -0.2) is 9.97 Å². The van der Waals surface area contributed by atoms with Crippen LogP contribution in [-0.4, -0.2) is 66.8 Å². The number of benzene rings is 1. The maximum atomic E-state index is 12.8. The first kappa shape index (κ1) is 25.7. The average Bonchev–Trinajstić information content (AvgIpc) is 2.97. The SMILES string of the molecule is CCc1cnc(N2CCC(COc3ccc(C4=CCC(C(=O)N5CCOCC5)CC4)cc3C)CC2)nc1. The summed E-state index contributed by atoms with van der Waals surface area (Å²) < 4.78 is 11.7. The van der Waals surface area contributed by atoms with Crippen molar-refractivity contribution in [2.75, 3.05) is 50.9 Å². The van der Waals surface area contributed by atoms with Gasteiger partial charge in [-0.05, 0) is 85.8 Å². The number of morpholine rings is 1. The minimum atomic E-state index is 0.110. The highest BCUT2D eigenvalue weighted by Crippen LogP contribution is 2.33. The van der Waals surface area contributed by atoms with E-state index in [1.807, 2.05) is 17.3 Å². The summed E-state index contributed by atoms with van der Waals surface area (Å²) in [5.41, 5.74) is 4.95. The number of rotatable bonds is 7. The van der Waals surface area contributed by atoms with Crippen LogP contribution in [0.25, 0.3) is 5.57 Å². The first-order valence-electron chi connectivity index (χ1n) is 14.0. The normalized spacial score (nSPS) is 21.0. The van der Waals surface area contributed by atoms with E-state index in [2.05, 4.69) is 53.0 Å². The van der Waals surface area contributed by atoms with E-state index in [1.54, 1.807) is 0 Å². The third kappa shape index (κ3) is 6.32. The van der Waals surface area contributed by atoms with E-state index in [4.69, 9.17) is 9.47 Å². The molecule has 0 spiro atoms. The molecule has 0 radical (unpaired) electrons. The second kappa shape index (κ2) is 12.1. The van der Waals surface area contributed by atoms with Gasteiger partial charge < -0.3 is 19.3 Å². The Bertz CT molecular complexity index is 1090. The molecule has 1 atom stereocenters. The van der Waals surface area contributed by atoms with Crippen molar-refractivity contribution in [1.29, 1.82) is 0 Å². The number of aromatic nitrogens is 2. The second-order valence-corrected chi connectivity index (χ2v) is 10.6. The molecule has 2 aliphatic heterocycles. The molecule has 0 saturated carbocycles. The zero-order valence-corrected chi connectivity index (χ0v) is 22.3. The number of amides is 1. The number of allylic oxidation sites excluding steroid dienone is 2. The molecular weight excluding hydrogens is 464 g/mol. The van der Waals surface area contributed by atoms with Crippen LogP contribution < -0.4 is 9.64 Å². The molecule has 37 heavy (non-hydrogen) atoms. The van der Waals surface area contributed by atoms with Gasteiger partial charge in [-0.15, -0.1) is 0 Å². The van der Waals surface area contributed by atoms with E-state index in [-0.39, 0.29) is 5.92 Å². The highest BCUT2D eigenvalue weighted by molar-refractivity contribution is 5.81. The Labute approximate surface area is 220 Å². The summed E-state index contributed by atoms with van der Waals surface area (Å²) in [4.78, 5) is 26.2. The molecule has 0 bridgehead atoms. The molecule has 198 valence electrons. The summed E-state index contributed by atoms with van der Waals surface area (Å²) in [7, 11) is 0. The molecule has 7 heteroatoms. The molecule has 3 aliphatic rings. The van der Waals surface area contributed by atoms with Crippen molar-refractivity contribution in [3.8, 4) is 5.75 Å². The largest absolute Gasteiger partial charge is 0.493 e. The summed E-state index contributed by atoms with van der Waals surface area (Å²) in [6.45, 7) is 9.73. The van der Waals surface area contributed by atoms with Crippen LogP contribution in [0.1, 0.15) is 55.7 Å². The average molecular weight is 505 g/mol. The van der Waals surface area contributed by atoms with Crippen molar-refractivity contribution >= 4 is 17.4 Å². The topological polar surface area (TPSA) is 67.8 Å². The van der Waals surface area contributed by atoms with Crippen molar-refractivity contribution in [1.82, 2.24) is 14.9 Å². The van der Waals surface area contributed by atoms with Gasteiger partial charge >= 0.3 is 0 Å². The zero-order valence-electron chi connectivity index (χ0n) is 22.3. The first-order valence-corrected chi connectivity index (χ1v) is 14.0. The predicted octanol–water partition coefficient (Wildman–Crippen LogP) is 4.69. The van der Waals surface area contributed by atoms with Gasteiger partial charge in [-0.3, -0.25) is 4.79 Å². The molecule has 1 unspecified atom stereocenters. The fourth-order valence-corrected chi connectivity index (χ4v) is 5.57. The van der Waals surface area contributed by atoms with E-state index < -0.39 is 0 Å². The molecule has 1 amide bonds. The van der Waals surface area contributed by atoms with Crippen molar-refractivity contribution in [2.45, 2.75) is 52.4 Å². The van der Waals surface area contributed by atoms with Crippen LogP contribution in [0.5, 0.6) is 5.75 Å². The van der Waals surface area contributed by atoms with E-state index in [1.165, 1.54) is 22.3 Å². The Hall–Kier alpha value is -2.93. The summed E-state index contributed by atoms with van der Waals surface area (Å²) in [5.74, 6) is 2.77. The van der Waals surface area contributed by atoms with Crippen LogP contribution in [0.2, 0.25) is 0 Å². The second-order valence-electron chi connectivity index (χ2n) is 10.6. The van der Waals surface area contributed by atoms with Crippen LogP contribution >= 0.6 is 0 Å². The maximum absolute atomic E-state index is 12.8. The zero-order chi connectivity index (χ0) is 25.6. The number of anilines is 1. The lowest BCUT2D eigenvalue weighted by Gasteiger charge is -2.32. The van der Waals surface area contributed by atoms with Crippen LogP contribution in [0.4, 0.5) is 5.95 Å². The Morgan fingerprint density at radius 3 is 2.49 bits per heavy atom. The highest BCUT2D eigenvalue weighted by atomic mass is 16.5. The summed E-state index contributed by atoms with van der Waals surface area (Å²) >= 11 is 0. The smallest absolute Gasteiger partial charge is 0.226 e. The van der Waals surface area contributed by atoms with E-state index in [0.717, 1.165) is 83.0 Å². The summed E-state index contributed by atoms with van der Waals surface area (Å²) in [5, 5.41) is 0. The van der Waals surface area contributed by atoms with Crippen molar-refractivity contribution in [2.24, 2.45) is 11.8 Å².